The molecule has 15 heteroatoms. The van der Waals surface area contributed by atoms with Crippen molar-refractivity contribution in [1.82, 2.24) is 10.4 Å². The molecule has 1 saturated carbocycles. The molecule has 1 aliphatic heterocycles. The molecule has 0 saturated heterocycles. The fraction of sp³-hybridized carbons (Fsp3) is 0.500. The third kappa shape index (κ3) is 5.15. The number of thiophene rings is 1. The van der Waals surface area contributed by atoms with Crippen LogP contribution < -0.4 is 5.48 Å². The van der Waals surface area contributed by atoms with Crippen molar-refractivity contribution in [2.45, 2.75) is 31.0 Å². The topological polar surface area (TPSA) is 97.3 Å². The first-order valence-electron chi connectivity index (χ1n) is 8.52. The van der Waals surface area contributed by atoms with Gasteiger partial charge in [-0.3, -0.25) is 9.59 Å². The highest BCUT2D eigenvalue weighted by atomic mass is 32.1. The van der Waals surface area contributed by atoms with Gasteiger partial charge in [0.25, 0.3) is 11.7 Å². The third-order valence-corrected chi connectivity index (χ3v) is 5.19. The number of alkyl halides is 6. The normalized spacial score (nSPS) is 21.3. The number of esters is 1. The van der Waals surface area contributed by atoms with Gasteiger partial charge in [-0.1, -0.05) is 5.48 Å². The zero-order valence-electron chi connectivity index (χ0n) is 15.5. The minimum Gasteiger partial charge on any atom is -0.411 e. The molecule has 1 atom stereocenters. The van der Waals surface area contributed by atoms with Gasteiger partial charge in [-0.25, -0.2) is 4.79 Å². The highest BCUT2D eigenvalue weighted by Gasteiger charge is 2.52. The molecule has 1 unspecified atom stereocenters. The van der Waals surface area contributed by atoms with Crippen LogP contribution in [-0.2, 0) is 14.4 Å². The molecule has 1 aliphatic carbocycles. The lowest BCUT2D eigenvalue weighted by molar-refractivity contribution is -0.222. The molecule has 3 rings (SSSR count). The number of likely N-dealkylation sites (N-methyl/N-ethyl adjacent to an activating group) is 1. The van der Waals surface area contributed by atoms with E-state index in [4.69, 9.17) is 4.84 Å². The molecule has 0 radical (unpaired) electrons. The summed E-state index contributed by atoms with van der Waals surface area (Å²) in [6.45, 7) is -0.760. The van der Waals surface area contributed by atoms with Gasteiger partial charge in [0, 0.05) is 13.0 Å². The van der Waals surface area contributed by atoms with Crippen molar-refractivity contribution < 1.29 is 50.3 Å². The number of ether oxygens (including phenoxy) is 1. The summed E-state index contributed by atoms with van der Waals surface area (Å²) in [6.07, 6.45) is -9.17. The Hall–Kier alpha value is -2.68. The summed E-state index contributed by atoms with van der Waals surface area (Å²) in [6, 6.07) is 1.77. The number of nitrogens with one attached hydrogen (secondary N) is 1. The smallest absolute Gasteiger partial charge is 0.411 e. The number of carbonyl (C=O) groups is 3. The number of nitrogens with zero attached hydrogens (tertiary/aromatic N) is 2. The lowest BCUT2D eigenvalue weighted by Crippen LogP contribution is -2.54. The molecule has 0 aromatic carbocycles. The molecule has 0 bridgehead atoms. The Balaban J connectivity index is 1.78. The van der Waals surface area contributed by atoms with Crippen molar-refractivity contribution in [3.8, 4) is 0 Å². The van der Waals surface area contributed by atoms with E-state index in [1.807, 2.05) is 0 Å². The van der Waals surface area contributed by atoms with Crippen LogP contribution >= 0.6 is 11.3 Å². The van der Waals surface area contributed by atoms with E-state index >= 15 is 0 Å². The predicted octanol–water partition coefficient (Wildman–Crippen LogP) is 2.67. The van der Waals surface area contributed by atoms with Crippen molar-refractivity contribution in [2.24, 2.45) is 10.9 Å². The van der Waals surface area contributed by atoms with Crippen molar-refractivity contribution in [3.63, 3.8) is 0 Å². The number of amides is 1. The van der Waals surface area contributed by atoms with Crippen LogP contribution in [0.4, 0.5) is 26.3 Å². The summed E-state index contributed by atoms with van der Waals surface area (Å²) in [5, 5.41) is 0. The molecule has 2 heterocycles. The van der Waals surface area contributed by atoms with E-state index in [2.05, 4.69) is 15.2 Å². The lowest BCUT2D eigenvalue weighted by atomic mass is 10.3. The fourth-order valence-electron chi connectivity index (χ4n) is 2.51. The molecule has 1 N–H and O–H groups in total. The molecule has 2 aliphatic rings. The first-order valence-corrected chi connectivity index (χ1v) is 9.34. The van der Waals surface area contributed by atoms with Crippen LogP contribution in [-0.4, -0.2) is 60.3 Å². The molecule has 1 amide bonds. The standard InChI is InChI=1S/C16H13F6N3O5S/c1-25(12(27)9-5-4-8(31-9)10(26)15(17,18)19)6-14(29-13(28)16(20,21)22)23-11(30-24-14)7-2-3-7/h4-5,7,24H,2-3,6H2,1H3. The van der Waals surface area contributed by atoms with Gasteiger partial charge in [0.15, 0.2) is 0 Å². The second-order valence-electron chi connectivity index (χ2n) is 6.75. The van der Waals surface area contributed by atoms with Crippen molar-refractivity contribution in [2.75, 3.05) is 13.6 Å². The van der Waals surface area contributed by atoms with Gasteiger partial charge in [0.2, 0.25) is 5.90 Å². The van der Waals surface area contributed by atoms with Crippen LogP contribution in [0.25, 0.3) is 0 Å². The highest BCUT2D eigenvalue weighted by molar-refractivity contribution is 7.16. The van der Waals surface area contributed by atoms with Gasteiger partial charge >= 0.3 is 24.2 Å². The molecular weight excluding hydrogens is 460 g/mol. The zero-order valence-corrected chi connectivity index (χ0v) is 16.3. The van der Waals surface area contributed by atoms with Crippen molar-refractivity contribution >= 4 is 34.9 Å². The Bertz CT molecular complexity index is 939. The zero-order chi connectivity index (χ0) is 23.2. The maximum Gasteiger partial charge on any atom is 0.491 e. The van der Waals surface area contributed by atoms with Crippen LogP contribution in [0, 0.1) is 5.92 Å². The maximum absolute atomic E-state index is 12.7. The summed E-state index contributed by atoms with van der Waals surface area (Å²) in [7, 11) is 1.10. The molecular formula is C16H13F6N3O5S. The largest absolute Gasteiger partial charge is 0.491 e. The molecule has 8 nitrogen and oxygen atoms in total. The number of aliphatic imine (C=N–C) groups is 1. The predicted molar refractivity (Wildman–Crippen MR) is 90.9 cm³/mol. The quantitative estimate of drug-likeness (QED) is 0.388. The Morgan fingerprint density at radius 3 is 2.35 bits per heavy atom. The number of Topliss-reactive ketones (excluding diaryl/α,β-unsaturated/α-hetero) is 1. The summed E-state index contributed by atoms with van der Waals surface area (Å²) in [5.41, 5.74) is 2.09. The molecule has 1 aromatic heterocycles. The van der Waals surface area contributed by atoms with E-state index in [1.165, 1.54) is 0 Å². The minimum absolute atomic E-state index is 0.00464. The number of ketones is 1. The van der Waals surface area contributed by atoms with Crippen LogP contribution in [0.5, 0.6) is 0 Å². The lowest BCUT2D eigenvalue weighted by Gasteiger charge is -2.29. The SMILES string of the molecule is CN(CC1(OC(=O)C(F)(F)F)N=C(C2CC2)ON1)C(=O)c1ccc(C(=O)C(F)(F)F)s1. The second-order valence-corrected chi connectivity index (χ2v) is 7.84. The molecule has 1 fully saturated rings. The van der Waals surface area contributed by atoms with Crippen molar-refractivity contribution in [3.05, 3.63) is 21.9 Å². The number of halogens is 6. The minimum atomic E-state index is -5.35. The summed E-state index contributed by atoms with van der Waals surface area (Å²) >= 11 is 0.259. The number of hydroxylamine groups is 1. The van der Waals surface area contributed by atoms with E-state index in [0.29, 0.717) is 12.8 Å². The Labute approximate surface area is 173 Å². The van der Waals surface area contributed by atoms with Crippen LogP contribution in [0.1, 0.15) is 32.2 Å². The Kier molecular flexibility index (Phi) is 5.77. The van der Waals surface area contributed by atoms with Crippen LogP contribution in [0.2, 0.25) is 0 Å². The summed E-state index contributed by atoms with van der Waals surface area (Å²) in [4.78, 5) is 43.8. The molecule has 0 spiro atoms. The van der Waals surface area contributed by atoms with E-state index in [9.17, 15) is 40.7 Å². The van der Waals surface area contributed by atoms with Gasteiger partial charge in [-0.05, 0) is 25.0 Å². The third-order valence-electron chi connectivity index (χ3n) is 4.12. The average Bonchev–Trinajstić information content (AvgIpc) is 3.24. The molecule has 170 valence electrons. The van der Waals surface area contributed by atoms with E-state index < -0.39 is 47.3 Å². The van der Waals surface area contributed by atoms with Crippen LogP contribution in [0.15, 0.2) is 17.1 Å². The van der Waals surface area contributed by atoms with Gasteiger partial charge in [-0.15, -0.1) is 11.3 Å². The van der Waals surface area contributed by atoms with E-state index in [1.54, 1.807) is 0 Å². The summed E-state index contributed by atoms with van der Waals surface area (Å²) < 4.78 is 80.1. The average molecular weight is 473 g/mol. The van der Waals surface area contributed by atoms with Gasteiger partial charge in [0.1, 0.15) is 6.54 Å². The number of carbonyl (C=O) groups excluding carboxylic acids is 3. The number of rotatable bonds is 6. The first-order chi connectivity index (χ1) is 14.2. The first kappa shape index (κ1) is 23.0. The fourth-order valence-corrected chi connectivity index (χ4v) is 3.47. The van der Waals surface area contributed by atoms with E-state index in [-0.39, 0.29) is 28.0 Å². The maximum atomic E-state index is 12.7. The second kappa shape index (κ2) is 7.78. The van der Waals surface area contributed by atoms with Gasteiger partial charge < -0.3 is 14.5 Å². The molecule has 1 aromatic rings. The number of hydrogen-bond donors (Lipinski definition) is 1. The van der Waals surface area contributed by atoms with Crippen LogP contribution in [0.3, 0.4) is 0 Å². The molecule has 31 heavy (non-hydrogen) atoms. The van der Waals surface area contributed by atoms with E-state index in [0.717, 1.165) is 24.1 Å². The number of hydrogen-bond acceptors (Lipinski definition) is 8. The van der Waals surface area contributed by atoms with Crippen molar-refractivity contribution in [1.29, 1.82) is 0 Å². The monoisotopic (exact) mass is 473 g/mol. The Morgan fingerprint density at radius 2 is 1.81 bits per heavy atom. The highest BCUT2D eigenvalue weighted by Crippen LogP contribution is 2.35. The Morgan fingerprint density at radius 1 is 1.19 bits per heavy atom. The van der Waals surface area contributed by atoms with Gasteiger partial charge in [0.05, 0.1) is 9.75 Å². The van der Waals surface area contributed by atoms with Gasteiger partial charge in [-0.2, -0.15) is 31.3 Å². The summed E-state index contributed by atoms with van der Waals surface area (Å²) in [5.74, 6) is -8.24.